The number of carbonyl (C=O) groups is 1. The predicted molar refractivity (Wildman–Crippen MR) is 71.1 cm³/mol. The molecule has 1 amide bonds. The normalized spacial score (nSPS) is 12.8. The minimum atomic E-state index is 0.0406. The van der Waals surface area contributed by atoms with Crippen LogP contribution in [0.4, 0.5) is 0 Å². The average molecular weight is 255 g/mol. The highest BCUT2D eigenvalue weighted by Crippen LogP contribution is 2.18. The number of rotatable bonds is 6. The van der Waals surface area contributed by atoms with Crippen molar-refractivity contribution in [2.24, 2.45) is 5.92 Å². The van der Waals surface area contributed by atoms with Gasteiger partial charge in [0.15, 0.2) is 0 Å². The van der Waals surface area contributed by atoms with Crippen LogP contribution in [-0.2, 0) is 4.79 Å². The number of aromatic nitrogens is 1. The second kappa shape index (κ2) is 6.71. The van der Waals surface area contributed by atoms with Crippen molar-refractivity contribution < 1.29 is 4.79 Å². The van der Waals surface area contributed by atoms with Gasteiger partial charge < -0.3 is 5.32 Å². The van der Waals surface area contributed by atoms with E-state index in [1.165, 1.54) is 4.88 Å². The summed E-state index contributed by atoms with van der Waals surface area (Å²) in [4.78, 5) is 17.0. The first kappa shape index (κ1) is 14.1. The first-order chi connectivity index (χ1) is 7.99. The number of hydrogen-bond acceptors (Lipinski definition) is 4. The van der Waals surface area contributed by atoms with Crippen LogP contribution in [0, 0.1) is 12.8 Å². The van der Waals surface area contributed by atoms with Gasteiger partial charge in [0.1, 0.15) is 5.01 Å². The van der Waals surface area contributed by atoms with Gasteiger partial charge in [-0.15, -0.1) is 11.3 Å². The second-order valence-electron chi connectivity index (χ2n) is 4.61. The molecular weight excluding hydrogens is 234 g/mol. The van der Waals surface area contributed by atoms with Crippen LogP contribution in [-0.4, -0.2) is 24.0 Å². The summed E-state index contributed by atoms with van der Waals surface area (Å²) in [6.45, 7) is 9.28. The molecule has 5 heteroatoms. The molecule has 0 spiro atoms. The van der Waals surface area contributed by atoms with Gasteiger partial charge in [-0.05, 0) is 19.8 Å². The van der Waals surface area contributed by atoms with Crippen LogP contribution in [0.3, 0.4) is 0 Å². The van der Waals surface area contributed by atoms with Crippen LogP contribution in [0.25, 0.3) is 0 Å². The van der Waals surface area contributed by atoms with E-state index in [1.807, 2.05) is 20.0 Å². The van der Waals surface area contributed by atoms with Crippen LogP contribution in [0.1, 0.15) is 36.7 Å². The van der Waals surface area contributed by atoms with Crippen molar-refractivity contribution >= 4 is 17.2 Å². The molecular formula is C12H21N3OS. The molecule has 0 aliphatic rings. The van der Waals surface area contributed by atoms with Gasteiger partial charge in [0.2, 0.25) is 5.91 Å². The summed E-state index contributed by atoms with van der Waals surface area (Å²) in [7, 11) is 0. The molecule has 0 aliphatic carbocycles. The van der Waals surface area contributed by atoms with E-state index >= 15 is 0 Å². The molecule has 1 rings (SSSR count). The Morgan fingerprint density at radius 1 is 1.47 bits per heavy atom. The van der Waals surface area contributed by atoms with Crippen molar-refractivity contribution in [1.29, 1.82) is 0 Å². The van der Waals surface area contributed by atoms with Crippen LogP contribution in [0.5, 0.6) is 0 Å². The van der Waals surface area contributed by atoms with Crippen LogP contribution in [0.15, 0.2) is 6.20 Å². The second-order valence-corrected chi connectivity index (χ2v) is 5.88. The van der Waals surface area contributed by atoms with E-state index in [1.54, 1.807) is 11.3 Å². The molecule has 1 heterocycles. The fourth-order valence-corrected chi connectivity index (χ4v) is 2.09. The Morgan fingerprint density at radius 2 is 2.18 bits per heavy atom. The molecule has 4 nitrogen and oxygen atoms in total. The van der Waals surface area contributed by atoms with E-state index < -0.39 is 0 Å². The number of nitrogens with zero attached hydrogens (tertiary/aromatic N) is 1. The van der Waals surface area contributed by atoms with Gasteiger partial charge in [-0.25, -0.2) is 4.98 Å². The van der Waals surface area contributed by atoms with Gasteiger partial charge in [-0.2, -0.15) is 0 Å². The standard InChI is InChI=1S/C12H21N3OS/c1-8(2)5-14-11(16)7-13-10(4)12-15-6-9(3)17-12/h6,8,10,13H,5,7H2,1-4H3,(H,14,16). The quantitative estimate of drug-likeness (QED) is 0.816. The highest BCUT2D eigenvalue weighted by molar-refractivity contribution is 7.11. The lowest BCUT2D eigenvalue weighted by molar-refractivity contribution is -0.120. The molecule has 0 radical (unpaired) electrons. The van der Waals surface area contributed by atoms with Gasteiger partial charge in [-0.1, -0.05) is 13.8 Å². The molecule has 0 saturated heterocycles. The molecule has 17 heavy (non-hydrogen) atoms. The smallest absolute Gasteiger partial charge is 0.233 e. The SMILES string of the molecule is Cc1cnc(C(C)NCC(=O)NCC(C)C)s1. The fraction of sp³-hybridized carbons (Fsp3) is 0.667. The Morgan fingerprint density at radius 3 is 2.71 bits per heavy atom. The third kappa shape index (κ3) is 5.28. The molecule has 0 fully saturated rings. The number of hydrogen-bond donors (Lipinski definition) is 2. The summed E-state index contributed by atoms with van der Waals surface area (Å²) < 4.78 is 0. The van der Waals surface area contributed by atoms with Crippen molar-refractivity contribution in [3.05, 3.63) is 16.1 Å². The number of nitrogens with one attached hydrogen (secondary N) is 2. The molecule has 1 unspecified atom stereocenters. The minimum absolute atomic E-state index is 0.0406. The minimum Gasteiger partial charge on any atom is -0.355 e. The Hall–Kier alpha value is -0.940. The molecule has 0 bridgehead atoms. The maximum absolute atomic E-state index is 11.5. The monoisotopic (exact) mass is 255 g/mol. The third-order valence-electron chi connectivity index (χ3n) is 2.29. The number of carbonyl (C=O) groups excluding carboxylic acids is 1. The summed E-state index contributed by atoms with van der Waals surface area (Å²) in [6, 6.07) is 0.124. The maximum Gasteiger partial charge on any atom is 0.233 e. The predicted octanol–water partition coefficient (Wildman–Crippen LogP) is 1.87. The maximum atomic E-state index is 11.5. The topological polar surface area (TPSA) is 54.0 Å². The molecule has 0 saturated carbocycles. The summed E-state index contributed by atoms with van der Waals surface area (Å²) in [6.07, 6.45) is 1.86. The number of amides is 1. The number of aryl methyl sites for hydroxylation is 1. The largest absolute Gasteiger partial charge is 0.355 e. The Kier molecular flexibility index (Phi) is 5.58. The van der Waals surface area contributed by atoms with E-state index in [0.29, 0.717) is 12.5 Å². The lowest BCUT2D eigenvalue weighted by Gasteiger charge is -2.12. The highest BCUT2D eigenvalue weighted by Gasteiger charge is 2.10. The van der Waals surface area contributed by atoms with Gasteiger partial charge in [-0.3, -0.25) is 10.1 Å². The lowest BCUT2D eigenvalue weighted by Crippen LogP contribution is -2.36. The van der Waals surface area contributed by atoms with E-state index in [2.05, 4.69) is 29.5 Å². The molecule has 1 aromatic rings. The van der Waals surface area contributed by atoms with Gasteiger partial charge in [0, 0.05) is 17.6 Å². The third-order valence-corrected chi connectivity index (χ3v) is 3.38. The van der Waals surface area contributed by atoms with Crippen molar-refractivity contribution in [2.45, 2.75) is 33.7 Å². The zero-order chi connectivity index (χ0) is 12.8. The van der Waals surface area contributed by atoms with E-state index in [-0.39, 0.29) is 11.9 Å². The average Bonchev–Trinajstić information content (AvgIpc) is 2.70. The summed E-state index contributed by atoms with van der Waals surface area (Å²) >= 11 is 1.66. The molecule has 0 aliphatic heterocycles. The zero-order valence-corrected chi connectivity index (χ0v) is 11.7. The Labute approximate surface area is 107 Å². The summed E-state index contributed by atoms with van der Waals surface area (Å²) in [5, 5.41) is 7.07. The molecule has 0 aromatic carbocycles. The van der Waals surface area contributed by atoms with Crippen LogP contribution < -0.4 is 10.6 Å². The summed E-state index contributed by atoms with van der Waals surface area (Å²) in [5.41, 5.74) is 0. The first-order valence-corrected chi connectivity index (χ1v) is 6.73. The molecule has 1 aromatic heterocycles. The van der Waals surface area contributed by atoms with Crippen LogP contribution in [0.2, 0.25) is 0 Å². The first-order valence-electron chi connectivity index (χ1n) is 5.91. The van der Waals surface area contributed by atoms with Crippen molar-refractivity contribution in [2.75, 3.05) is 13.1 Å². The van der Waals surface area contributed by atoms with Crippen molar-refractivity contribution in [3.8, 4) is 0 Å². The van der Waals surface area contributed by atoms with Gasteiger partial charge in [0.05, 0.1) is 12.6 Å². The molecule has 2 N–H and O–H groups in total. The van der Waals surface area contributed by atoms with Gasteiger partial charge in [0.25, 0.3) is 0 Å². The van der Waals surface area contributed by atoms with Crippen molar-refractivity contribution in [1.82, 2.24) is 15.6 Å². The lowest BCUT2D eigenvalue weighted by atomic mass is 10.2. The van der Waals surface area contributed by atoms with E-state index in [0.717, 1.165) is 11.6 Å². The number of thiazole rings is 1. The van der Waals surface area contributed by atoms with Crippen molar-refractivity contribution in [3.63, 3.8) is 0 Å². The fourth-order valence-electron chi connectivity index (χ4n) is 1.29. The van der Waals surface area contributed by atoms with E-state index in [4.69, 9.17) is 0 Å². The highest BCUT2D eigenvalue weighted by atomic mass is 32.1. The zero-order valence-electron chi connectivity index (χ0n) is 10.9. The Balaban J connectivity index is 2.28. The summed E-state index contributed by atoms with van der Waals surface area (Å²) in [5.74, 6) is 0.525. The van der Waals surface area contributed by atoms with Crippen LogP contribution >= 0.6 is 11.3 Å². The van der Waals surface area contributed by atoms with E-state index in [9.17, 15) is 4.79 Å². The molecule has 1 atom stereocenters. The van der Waals surface area contributed by atoms with Gasteiger partial charge >= 0.3 is 0 Å². The molecule has 96 valence electrons. The Bertz CT molecular complexity index is 362.